The molecule has 0 saturated heterocycles. The number of rotatable bonds is 5. The minimum Gasteiger partial charge on any atom is -0.462 e. The van der Waals surface area contributed by atoms with Crippen molar-refractivity contribution >= 4 is 46.6 Å². The highest BCUT2D eigenvalue weighted by molar-refractivity contribution is 7.99. The van der Waals surface area contributed by atoms with E-state index in [1.54, 1.807) is 28.2 Å². The summed E-state index contributed by atoms with van der Waals surface area (Å²) in [6.07, 6.45) is 5.01. The fourth-order valence-electron chi connectivity index (χ4n) is 3.83. The van der Waals surface area contributed by atoms with Gasteiger partial charge < -0.3 is 4.74 Å². The molecule has 0 fully saturated rings. The van der Waals surface area contributed by atoms with Crippen LogP contribution in [0.2, 0.25) is 0 Å². The summed E-state index contributed by atoms with van der Waals surface area (Å²) in [7, 11) is 0. The molecule has 6 nitrogen and oxygen atoms in total. The zero-order chi connectivity index (χ0) is 24.2. The Kier molecular flexibility index (Phi) is 6.77. The maximum atomic E-state index is 14.3. The molecule has 0 aliphatic carbocycles. The molecule has 170 valence electrons. The molecule has 0 bridgehead atoms. The van der Waals surface area contributed by atoms with Crippen molar-refractivity contribution in [2.45, 2.75) is 30.6 Å². The van der Waals surface area contributed by atoms with Crippen LogP contribution >= 0.6 is 11.8 Å². The van der Waals surface area contributed by atoms with Gasteiger partial charge in [-0.2, -0.15) is 4.57 Å². The summed E-state index contributed by atoms with van der Waals surface area (Å²) in [5.74, 6) is 1.09. The molecule has 7 heteroatoms. The van der Waals surface area contributed by atoms with E-state index in [2.05, 4.69) is 5.87 Å². The Morgan fingerprint density at radius 1 is 1.03 bits per heavy atom. The van der Waals surface area contributed by atoms with E-state index in [0.29, 0.717) is 0 Å². The largest absolute Gasteiger partial charge is 0.462 e. The number of benzene rings is 2. The number of nitrogens with zero attached hydrogens (tertiary/aromatic N) is 2. The summed E-state index contributed by atoms with van der Waals surface area (Å²) in [5.41, 5.74) is 3.47. The lowest BCUT2D eigenvalue weighted by Crippen LogP contribution is -2.43. The molecule has 0 unspecified atom stereocenters. The van der Waals surface area contributed by atoms with Crippen LogP contribution in [0.15, 0.2) is 88.4 Å². The highest BCUT2D eigenvalue weighted by Crippen LogP contribution is 2.48. The van der Waals surface area contributed by atoms with E-state index < -0.39 is 5.97 Å². The molecule has 0 radical (unpaired) electrons. The fraction of sp³-hybridized carbons (Fsp3) is 0.148. The highest BCUT2D eigenvalue weighted by atomic mass is 32.2. The zero-order valence-electron chi connectivity index (χ0n) is 19.2. The number of anilines is 2. The molecule has 1 aromatic heterocycles. The Labute approximate surface area is 202 Å². The average Bonchev–Trinajstić information content (AvgIpc) is 2.82. The number of fused-ring (bicyclic) bond motifs is 2. The van der Waals surface area contributed by atoms with E-state index in [9.17, 15) is 9.59 Å². The number of aryl methyl sites for hydroxylation is 2. The van der Waals surface area contributed by atoms with Gasteiger partial charge in [0.05, 0.1) is 18.0 Å². The minimum atomic E-state index is -0.706. The Hall–Kier alpha value is -3.93. The first-order chi connectivity index (χ1) is 16.4. The van der Waals surface area contributed by atoms with Gasteiger partial charge in [-0.1, -0.05) is 36.0 Å². The van der Waals surface area contributed by atoms with Crippen molar-refractivity contribution in [2.24, 2.45) is 0 Å². The number of nitrogens with one attached hydrogen (secondary N) is 1. The highest BCUT2D eigenvalue weighted by Gasteiger charge is 2.35. The van der Waals surface area contributed by atoms with E-state index in [4.69, 9.17) is 10.1 Å². The van der Waals surface area contributed by atoms with Gasteiger partial charge in [0.1, 0.15) is 5.57 Å². The molecule has 0 saturated carbocycles. The Morgan fingerprint density at radius 2 is 1.59 bits per heavy atom. The predicted molar refractivity (Wildman–Crippen MR) is 132 cm³/mol. The lowest BCUT2D eigenvalue weighted by molar-refractivity contribution is -0.578. The Bertz CT molecular complexity index is 1310. The van der Waals surface area contributed by atoms with Crippen LogP contribution in [0.3, 0.4) is 0 Å². The molecule has 34 heavy (non-hydrogen) atoms. The van der Waals surface area contributed by atoms with E-state index in [-0.39, 0.29) is 23.8 Å². The van der Waals surface area contributed by atoms with Gasteiger partial charge in [-0.25, -0.2) is 4.79 Å². The topological polar surface area (TPSA) is 74.3 Å². The molecule has 1 aliphatic rings. The smallest absolute Gasteiger partial charge is 0.347 e. The van der Waals surface area contributed by atoms with E-state index in [1.807, 2.05) is 80.8 Å². The number of hydrogen-bond acceptors (Lipinski definition) is 5. The quantitative estimate of drug-likeness (QED) is 0.187. The van der Waals surface area contributed by atoms with Crippen LogP contribution in [0.5, 0.6) is 0 Å². The number of esters is 1. The fourth-order valence-corrected chi connectivity index (χ4v) is 4.88. The second-order valence-corrected chi connectivity index (χ2v) is 8.85. The molecule has 0 spiro atoms. The van der Waals surface area contributed by atoms with Gasteiger partial charge >= 0.3 is 11.9 Å². The van der Waals surface area contributed by atoms with Gasteiger partial charge in [-0.3, -0.25) is 15.1 Å². The Morgan fingerprint density at radius 3 is 2.12 bits per heavy atom. The lowest BCUT2D eigenvalue weighted by Gasteiger charge is -2.30. The van der Waals surface area contributed by atoms with Crippen LogP contribution in [-0.4, -0.2) is 24.4 Å². The average molecular weight is 471 g/mol. The van der Waals surface area contributed by atoms with E-state index in [1.165, 1.54) is 6.08 Å². The maximum absolute atomic E-state index is 14.3. The van der Waals surface area contributed by atoms with Gasteiger partial charge in [0.15, 0.2) is 12.4 Å². The van der Waals surface area contributed by atoms with Gasteiger partial charge in [-0.05, 0) is 57.0 Å². The molecule has 1 aliphatic heterocycles. The third-order valence-electron chi connectivity index (χ3n) is 5.18. The third-order valence-corrected chi connectivity index (χ3v) is 6.31. The SMILES string of the molecule is CCOC(=O)C(=C=N)/C=C(/C(=O)N1c2ccccc2Sc2ccccc21)[n+]1cc(C)cc(C)c1. The molecule has 1 N–H and O–H groups in total. The summed E-state index contributed by atoms with van der Waals surface area (Å²) in [6, 6.07) is 17.4. The third kappa shape index (κ3) is 4.57. The molecular weight excluding hydrogens is 446 g/mol. The van der Waals surface area contributed by atoms with Crippen molar-refractivity contribution in [3.63, 3.8) is 0 Å². The number of ether oxygens (including phenoxy) is 1. The minimum absolute atomic E-state index is 0.134. The van der Waals surface area contributed by atoms with Crippen LogP contribution < -0.4 is 9.47 Å². The first-order valence-electron chi connectivity index (χ1n) is 10.8. The van der Waals surface area contributed by atoms with Crippen molar-refractivity contribution in [3.8, 4) is 0 Å². The summed E-state index contributed by atoms with van der Waals surface area (Å²) in [5, 5.41) is 7.66. The van der Waals surface area contributed by atoms with E-state index >= 15 is 0 Å². The van der Waals surface area contributed by atoms with Crippen LogP contribution in [-0.2, 0) is 14.3 Å². The van der Waals surface area contributed by atoms with Crippen LogP contribution in [0.4, 0.5) is 11.4 Å². The van der Waals surface area contributed by atoms with Gasteiger partial charge in [-0.15, -0.1) is 0 Å². The Balaban J connectivity index is 1.93. The van der Waals surface area contributed by atoms with Crippen molar-refractivity contribution in [1.29, 1.82) is 5.41 Å². The molecule has 0 atom stereocenters. The lowest BCUT2D eigenvalue weighted by atomic mass is 10.1. The van der Waals surface area contributed by atoms with Crippen LogP contribution in [0, 0.1) is 19.3 Å². The van der Waals surface area contributed by atoms with Gasteiger partial charge in [0.2, 0.25) is 0 Å². The maximum Gasteiger partial charge on any atom is 0.347 e. The number of carbonyl (C=O) groups excluding carboxylic acids is 2. The molecular formula is C27H24N3O3S+. The van der Waals surface area contributed by atoms with Crippen molar-refractivity contribution in [2.75, 3.05) is 11.5 Å². The van der Waals surface area contributed by atoms with E-state index in [0.717, 1.165) is 32.3 Å². The number of hydrogen-bond donors (Lipinski definition) is 1. The summed E-state index contributed by atoms with van der Waals surface area (Å²) < 4.78 is 6.77. The van der Waals surface area contributed by atoms with Crippen molar-refractivity contribution in [3.05, 3.63) is 89.8 Å². The monoisotopic (exact) mass is 470 g/mol. The van der Waals surface area contributed by atoms with Crippen LogP contribution in [0.25, 0.3) is 5.70 Å². The van der Waals surface area contributed by atoms with Gasteiger partial charge in [0.25, 0.3) is 5.70 Å². The molecule has 3 aromatic rings. The second-order valence-electron chi connectivity index (χ2n) is 7.76. The standard InChI is InChI=1S/C27H24N3O3S/c1-4-33-27(32)20(15-28)14-23(29-16-18(2)13-19(3)17-29)26(31)30-21-9-5-7-11-24(21)34-25-12-8-6-10-22(25)30/h5-14,16-17,28H,4H2,1-3H3/q+1/b23-14-. The molecule has 1 amide bonds. The number of aromatic nitrogens is 1. The first kappa shape index (κ1) is 23.2. The van der Waals surface area contributed by atoms with Crippen LogP contribution in [0.1, 0.15) is 18.1 Å². The number of para-hydroxylation sites is 2. The number of amides is 1. The molecule has 2 heterocycles. The second kappa shape index (κ2) is 9.91. The normalized spacial score (nSPS) is 12.3. The zero-order valence-corrected chi connectivity index (χ0v) is 20.0. The molecule has 2 aromatic carbocycles. The summed E-state index contributed by atoms with van der Waals surface area (Å²) in [6.45, 7) is 5.72. The van der Waals surface area contributed by atoms with Crippen molar-refractivity contribution < 1.29 is 18.9 Å². The van der Waals surface area contributed by atoms with Crippen molar-refractivity contribution in [1.82, 2.24) is 0 Å². The summed E-state index contributed by atoms with van der Waals surface area (Å²) in [4.78, 5) is 30.3. The number of carbonyl (C=O) groups is 2. The number of pyridine rings is 1. The first-order valence-corrected chi connectivity index (χ1v) is 11.6. The predicted octanol–water partition coefficient (Wildman–Crippen LogP) is 5.00. The molecule has 4 rings (SSSR count). The van der Waals surface area contributed by atoms with Gasteiger partial charge in [0, 0.05) is 27.0 Å². The summed E-state index contributed by atoms with van der Waals surface area (Å²) >= 11 is 1.60.